The number of alkyl halides is 2. The lowest BCUT2D eigenvalue weighted by molar-refractivity contribution is -0.249. The Bertz CT molecular complexity index is 1140. The van der Waals surface area contributed by atoms with Crippen molar-refractivity contribution in [3.8, 4) is 0 Å². The Hall–Kier alpha value is -1.97. The van der Waals surface area contributed by atoms with Gasteiger partial charge in [0.2, 0.25) is 5.78 Å². The minimum Gasteiger partial charge on any atom is -0.457 e. The Labute approximate surface area is 214 Å². The Morgan fingerprint density at radius 2 is 1.86 bits per heavy atom. The zero-order valence-corrected chi connectivity index (χ0v) is 21.6. The molecule has 7 nitrogen and oxygen atoms in total. The zero-order chi connectivity index (χ0) is 26.8. The number of Topliss-reactive ketones (excluding diaryl/α,β-unsaturated/α-hetero) is 1. The molecule has 0 radical (unpaired) electrons. The number of carbonyl (C=O) groups excluding carboxylic acids is 3. The second kappa shape index (κ2) is 7.57. The fraction of sp³-hybridized carbons (Fsp3) is 0.750. The molecule has 0 spiro atoms. The number of aliphatic hydroxyl groups is 1. The first-order valence-electron chi connectivity index (χ1n) is 13.2. The molecule has 9 atom stereocenters. The van der Waals surface area contributed by atoms with Crippen LogP contribution in [0.1, 0.15) is 59.8 Å². The van der Waals surface area contributed by atoms with E-state index < -0.39 is 82.2 Å². The molecule has 6 rings (SSSR count). The van der Waals surface area contributed by atoms with Crippen molar-refractivity contribution >= 4 is 17.5 Å². The summed E-state index contributed by atoms with van der Waals surface area (Å²) in [6.07, 6.45) is 1.20. The number of hydrogen-bond donors (Lipinski definition) is 1. The summed E-state index contributed by atoms with van der Waals surface area (Å²) in [5.41, 5.74) is -6.43. The van der Waals surface area contributed by atoms with Gasteiger partial charge in [-0.25, -0.2) is 8.78 Å². The molecule has 6 aliphatic rings. The molecule has 1 heterocycles. The van der Waals surface area contributed by atoms with E-state index in [9.17, 15) is 19.5 Å². The minimum absolute atomic E-state index is 0.0472. The number of ketones is 2. The second-order valence-electron chi connectivity index (χ2n) is 12.7. The van der Waals surface area contributed by atoms with Crippen LogP contribution in [0.5, 0.6) is 0 Å². The summed E-state index contributed by atoms with van der Waals surface area (Å²) >= 11 is 0. The molecule has 0 aromatic rings. The summed E-state index contributed by atoms with van der Waals surface area (Å²) < 4.78 is 50.9. The van der Waals surface area contributed by atoms with Crippen LogP contribution < -0.4 is 0 Å². The van der Waals surface area contributed by atoms with Gasteiger partial charge < -0.3 is 19.3 Å². The normalized spacial score (nSPS) is 49.4. The van der Waals surface area contributed by atoms with Crippen molar-refractivity contribution in [2.24, 2.45) is 28.6 Å². The molecule has 0 amide bonds. The summed E-state index contributed by atoms with van der Waals surface area (Å²) in [6, 6.07) is 0. The summed E-state index contributed by atoms with van der Waals surface area (Å²) in [5.74, 6) is -4.16. The molecule has 1 saturated heterocycles. The highest BCUT2D eigenvalue weighted by Gasteiger charge is 2.80. The number of fused-ring (bicyclic) bond motifs is 7. The van der Waals surface area contributed by atoms with Crippen LogP contribution in [0.15, 0.2) is 23.8 Å². The maximum absolute atomic E-state index is 17.4. The predicted octanol–water partition coefficient (Wildman–Crippen LogP) is 3.33. The van der Waals surface area contributed by atoms with E-state index in [1.54, 1.807) is 20.8 Å². The van der Waals surface area contributed by atoms with Gasteiger partial charge in [0.05, 0.1) is 18.1 Å². The SMILES string of the molecule is CC1(C)O[C@@H]2C[C@H]3[C@@H]4C[C@H](F)C5=CC(=O)C=C[C@]5(C)[C@@]4(F)[C@H](O)C[C@]3(C)[C@]2(C(=O)COC(=O)C2CC2)O1. The standard InChI is InChI=1S/C28H34F2O7/c1-24(2)36-22-11-16-17-10-19(29)18-9-15(31)7-8-25(18,3)27(17,30)20(32)12-26(16,4)28(22,37-24)21(33)13-35-23(34)14-5-6-14/h7-9,14,16-17,19-20,22,32H,5-6,10-13H2,1-4H3/t16-,17-,19-,20+,22+,25-,26-,27-,28+/m0/s1. The first kappa shape index (κ1) is 25.3. The highest BCUT2D eigenvalue weighted by Crippen LogP contribution is 2.72. The average molecular weight is 521 g/mol. The number of rotatable bonds is 4. The summed E-state index contributed by atoms with van der Waals surface area (Å²) in [6.45, 7) is 6.20. The van der Waals surface area contributed by atoms with E-state index in [0.717, 1.165) is 18.9 Å². The summed E-state index contributed by atoms with van der Waals surface area (Å²) in [5, 5.41) is 11.5. The van der Waals surface area contributed by atoms with E-state index in [4.69, 9.17) is 14.2 Å². The molecule has 4 saturated carbocycles. The van der Waals surface area contributed by atoms with Crippen molar-refractivity contribution in [3.05, 3.63) is 23.8 Å². The van der Waals surface area contributed by atoms with Gasteiger partial charge >= 0.3 is 5.97 Å². The van der Waals surface area contributed by atoms with Gasteiger partial charge in [0.1, 0.15) is 6.17 Å². The Kier molecular flexibility index (Phi) is 5.18. The fourth-order valence-electron chi connectivity index (χ4n) is 8.48. The van der Waals surface area contributed by atoms with Crippen LogP contribution in [-0.4, -0.2) is 64.7 Å². The molecule has 0 aromatic heterocycles. The lowest BCUT2D eigenvalue weighted by atomic mass is 9.44. The molecule has 0 aromatic carbocycles. The highest BCUT2D eigenvalue weighted by molar-refractivity contribution is 6.01. The lowest BCUT2D eigenvalue weighted by Crippen LogP contribution is -2.71. The van der Waals surface area contributed by atoms with Crippen molar-refractivity contribution in [2.75, 3.05) is 6.61 Å². The number of aliphatic hydroxyl groups excluding tert-OH is 1. The van der Waals surface area contributed by atoms with Crippen molar-refractivity contribution in [3.63, 3.8) is 0 Å². The van der Waals surface area contributed by atoms with Crippen molar-refractivity contribution in [2.45, 2.75) is 95.2 Å². The molecule has 202 valence electrons. The number of hydrogen-bond acceptors (Lipinski definition) is 7. The summed E-state index contributed by atoms with van der Waals surface area (Å²) in [7, 11) is 0. The quantitative estimate of drug-likeness (QED) is 0.568. The van der Waals surface area contributed by atoms with Crippen LogP contribution in [-0.2, 0) is 28.6 Å². The first-order chi connectivity index (χ1) is 17.2. The van der Waals surface area contributed by atoms with Gasteiger partial charge in [0, 0.05) is 16.7 Å². The third kappa shape index (κ3) is 3.11. The van der Waals surface area contributed by atoms with Gasteiger partial charge in [-0.2, -0.15) is 0 Å². The van der Waals surface area contributed by atoms with Gasteiger partial charge in [-0.1, -0.05) is 13.0 Å². The fourth-order valence-corrected chi connectivity index (χ4v) is 8.48. The number of halogens is 2. The Morgan fingerprint density at radius 1 is 1.16 bits per heavy atom. The van der Waals surface area contributed by atoms with Crippen LogP contribution in [0, 0.1) is 28.6 Å². The maximum Gasteiger partial charge on any atom is 0.309 e. The number of esters is 1. The predicted molar refractivity (Wildman–Crippen MR) is 125 cm³/mol. The zero-order valence-electron chi connectivity index (χ0n) is 21.6. The van der Waals surface area contributed by atoms with Crippen LogP contribution in [0.25, 0.3) is 0 Å². The van der Waals surface area contributed by atoms with E-state index in [1.165, 1.54) is 19.1 Å². The molecule has 5 fully saturated rings. The average Bonchev–Trinajstić information content (AvgIpc) is 3.59. The molecule has 5 aliphatic carbocycles. The Morgan fingerprint density at radius 3 is 2.54 bits per heavy atom. The molecule has 0 unspecified atom stereocenters. The molecule has 1 N–H and O–H groups in total. The topological polar surface area (TPSA) is 99.1 Å². The smallest absolute Gasteiger partial charge is 0.309 e. The maximum atomic E-state index is 17.4. The molecule has 9 heteroatoms. The number of allylic oxidation sites excluding steroid dienone is 4. The van der Waals surface area contributed by atoms with Crippen molar-refractivity contribution in [1.29, 1.82) is 0 Å². The van der Waals surface area contributed by atoms with E-state index in [2.05, 4.69) is 0 Å². The van der Waals surface area contributed by atoms with Crippen molar-refractivity contribution in [1.82, 2.24) is 0 Å². The largest absolute Gasteiger partial charge is 0.457 e. The lowest BCUT2D eigenvalue weighted by Gasteiger charge is -2.63. The van der Waals surface area contributed by atoms with Gasteiger partial charge in [-0.3, -0.25) is 14.4 Å². The van der Waals surface area contributed by atoms with Crippen LogP contribution in [0.4, 0.5) is 8.78 Å². The first-order valence-corrected chi connectivity index (χ1v) is 13.2. The third-order valence-electron chi connectivity index (χ3n) is 10.3. The van der Waals surface area contributed by atoms with E-state index in [1.807, 2.05) is 0 Å². The number of ether oxygens (including phenoxy) is 3. The third-order valence-corrected chi connectivity index (χ3v) is 10.3. The van der Waals surface area contributed by atoms with E-state index in [0.29, 0.717) is 0 Å². The van der Waals surface area contributed by atoms with E-state index >= 15 is 8.78 Å². The highest BCUT2D eigenvalue weighted by atomic mass is 19.1. The van der Waals surface area contributed by atoms with Crippen LogP contribution in [0.3, 0.4) is 0 Å². The molecular weight excluding hydrogens is 486 g/mol. The van der Waals surface area contributed by atoms with Crippen LogP contribution >= 0.6 is 0 Å². The van der Waals surface area contributed by atoms with Crippen molar-refractivity contribution < 1.29 is 42.5 Å². The summed E-state index contributed by atoms with van der Waals surface area (Å²) in [4.78, 5) is 38.1. The second-order valence-corrected chi connectivity index (χ2v) is 12.7. The van der Waals surface area contributed by atoms with E-state index in [-0.39, 0.29) is 30.8 Å². The Balaban J connectivity index is 1.41. The van der Waals surface area contributed by atoms with Crippen LogP contribution in [0.2, 0.25) is 0 Å². The monoisotopic (exact) mass is 520 g/mol. The molecule has 0 bridgehead atoms. The van der Waals surface area contributed by atoms with Gasteiger partial charge in [0.25, 0.3) is 0 Å². The molecular formula is C28H34F2O7. The minimum atomic E-state index is -2.26. The molecule has 37 heavy (non-hydrogen) atoms. The molecule has 1 aliphatic heterocycles. The van der Waals surface area contributed by atoms with Gasteiger partial charge in [-0.15, -0.1) is 0 Å². The van der Waals surface area contributed by atoms with Gasteiger partial charge in [-0.05, 0) is 76.5 Å². The number of carbonyl (C=O) groups is 3. The van der Waals surface area contributed by atoms with Gasteiger partial charge in [0.15, 0.2) is 29.4 Å².